The number of carbonyl (C=O) groups excluding carboxylic acids is 1. The summed E-state index contributed by atoms with van der Waals surface area (Å²) in [7, 11) is 1.89. The van der Waals surface area contributed by atoms with E-state index in [2.05, 4.69) is 15.2 Å². The average Bonchev–Trinajstić information content (AvgIpc) is 3.25. The largest absolute Gasteiger partial charge is 0.440 e. The first-order valence-corrected chi connectivity index (χ1v) is 8.67. The number of piperidine rings is 1. The van der Waals surface area contributed by atoms with Crippen LogP contribution >= 0.6 is 0 Å². The van der Waals surface area contributed by atoms with Crippen molar-refractivity contribution < 1.29 is 9.21 Å². The molecule has 7 nitrogen and oxygen atoms in total. The molecule has 1 aliphatic heterocycles. The number of nitrogens with zero attached hydrogens (tertiary/aromatic N) is 5. The highest BCUT2D eigenvalue weighted by atomic mass is 16.3. The summed E-state index contributed by atoms with van der Waals surface area (Å²) in [6, 6.07) is 7.78. The predicted molar refractivity (Wildman–Crippen MR) is 91.9 cm³/mol. The van der Waals surface area contributed by atoms with Crippen molar-refractivity contribution in [3.8, 4) is 0 Å². The Hall–Kier alpha value is -2.70. The number of aryl methyl sites for hydroxylation is 2. The summed E-state index contributed by atoms with van der Waals surface area (Å²) in [5.41, 5.74) is 1.69. The number of likely N-dealkylation sites (tertiary alicyclic amines) is 1. The van der Waals surface area contributed by atoms with E-state index in [1.807, 2.05) is 40.8 Å². The molecule has 1 aromatic carbocycles. The molecule has 2 aromatic heterocycles. The number of hydrogen-bond donors (Lipinski definition) is 0. The van der Waals surface area contributed by atoms with Gasteiger partial charge in [0.05, 0.1) is 5.92 Å². The van der Waals surface area contributed by atoms with Gasteiger partial charge in [-0.15, -0.1) is 10.2 Å². The summed E-state index contributed by atoms with van der Waals surface area (Å²) in [6.45, 7) is 1.47. The summed E-state index contributed by atoms with van der Waals surface area (Å²) < 4.78 is 7.75. The molecule has 0 bridgehead atoms. The van der Waals surface area contributed by atoms with Crippen LogP contribution in [0.15, 0.2) is 35.0 Å². The molecule has 1 aliphatic rings. The molecule has 4 rings (SSSR count). The van der Waals surface area contributed by atoms with Crippen LogP contribution in [0, 0.1) is 0 Å². The number of fused-ring (bicyclic) bond motifs is 1. The number of para-hydroxylation sites is 2. The summed E-state index contributed by atoms with van der Waals surface area (Å²) in [4.78, 5) is 19.1. The van der Waals surface area contributed by atoms with Crippen LogP contribution in [0.4, 0.5) is 0 Å². The van der Waals surface area contributed by atoms with Crippen LogP contribution in [0.5, 0.6) is 0 Å². The summed E-state index contributed by atoms with van der Waals surface area (Å²) in [5, 5.41) is 7.89. The van der Waals surface area contributed by atoms with Crippen LogP contribution < -0.4 is 0 Å². The van der Waals surface area contributed by atoms with Gasteiger partial charge in [0.15, 0.2) is 11.5 Å². The van der Waals surface area contributed by atoms with Gasteiger partial charge in [0.1, 0.15) is 17.7 Å². The molecule has 1 unspecified atom stereocenters. The van der Waals surface area contributed by atoms with E-state index >= 15 is 0 Å². The van der Waals surface area contributed by atoms with Crippen LogP contribution in [0.2, 0.25) is 0 Å². The third kappa shape index (κ3) is 3.26. The highest BCUT2D eigenvalue weighted by molar-refractivity contribution is 5.76. The Kier molecular flexibility index (Phi) is 4.21. The van der Waals surface area contributed by atoms with Gasteiger partial charge in [0, 0.05) is 33.0 Å². The topological polar surface area (TPSA) is 77.1 Å². The molecule has 7 heteroatoms. The lowest BCUT2D eigenvalue weighted by molar-refractivity contribution is -0.132. The molecular weight excluding hydrogens is 318 g/mol. The number of benzene rings is 1. The van der Waals surface area contributed by atoms with Crippen LogP contribution in [-0.2, 0) is 18.3 Å². The fraction of sp³-hybridized carbons (Fsp3) is 0.444. The Balaban J connectivity index is 1.41. The predicted octanol–water partition coefficient (Wildman–Crippen LogP) is 2.30. The zero-order chi connectivity index (χ0) is 17.2. The van der Waals surface area contributed by atoms with E-state index in [1.54, 1.807) is 6.33 Å². The normalized spacial score (nSPS) is 18.0. The molecule has 1 saturated heterocycles. The quantitative estimate of drug-likeness (QED) is 0.729. The Morgan fingerprint density at radius 3 is 3.04 bits per heavy atom. The van der Waals surface area contributed by atoms with E-state index in [9.17, 15) is 4.79 Å². The number of hydrogen-bond acceptors (Lipinski definition) is 5. The van der Waals surface area contributed by atoms with E-state index in [-0.39, 0.29) is 11.8 Å². The van der Waals surface area contributed by atoms with E-state index in [1.165, 1.54) is 0 Å². The molecule has 0 N–H and O–H groups in total. The van der Waals surface area contributed by atoms with E-state index in [4.69, 9.17) is 4.42 Å². The van der Waals surface area contributed by atoms with Crippen molar-refractivity contribution in [3.05, 3.63) is 42.3 Å². The zero-order valence-corrected chi connectivity index (χ0v) is 14.3. The minimum atomic E-state index is 0.156. The van der Waals surface area contributed by atoms with Gasteiger partial charge in [0.2, 0.25) is 5.91 Å². The standard InChI is InChI=1S/C18H21N5O2/c1-22-12-19-21-16(22)8-9-17(24)23-10-4-5-13(11-23)18-20-14-6-2-3-7-15(14)25-18/h2-3,6-7,12-13H,4-5,8-11H2,1H3. The van der Waals surface area contributed by atoms with Crippen LogP contribution in [0.1, 0.15) is 36.9 Å². The molecule has 1 atom stereocenters. The SMILES string of the molecule is Cn1cnnc1CCC(=O)N1CCCC(c2nc3ccccc3o2)C1. The third-order valence-corrected chi connectivity index (χ3v) is 4.80. The molecule has 0 saturated carbocycles. The first kappa shape index (κ1) is 15.8. The van der Waals surface area contributed by atoms with Gasteiger partial charge in [-0.05, 0) is 25.0 Å². The summed E-state index contributed by atoms with van der Waals surface area (Å²) in [5.74, 6) is 1.90. The molecule has 130 valence electrons. The Labute approximate surface area is 145 Å². The fourth-order valence-corrected chi connectivity index (χ4v) is 3.38. The lowest BCUT2D eigenvalue weighted by atomic mass is 9.97. The maximum absolute atomic E-state index is 12.6. The van der Waals surface area contributed by atoms with Crippen molar-refractivity contribution >= 4 is 17.0 Å². The number of aromatic nitrogens is 4. The Morgan fingerprint density at radius 1 is 1.36 bits per heavy atom. The third-order valence-electron chi connectivity index (χ3n) is 4.80. The van der Waals surface area contributed by atoms with Crippen molar-refractivity contribution in [3.63, 3.8) is 0 Å². The number of oxazole rings is 1. The molecule has 3 heterocycles. The Bertz CT molecular complexity index is 851. The molecule has 0 radical (unpaired) electrons. The van der Waals surface area contributed by atoms with Gasteiger partial charge in [-0.1, -0.05) is 12.1 Å². The van der Waals surface area contributed by atoms with Crippen LogP contribution in [-0.4, -0.2) is 43.6 Å². The van der Waals surface area contributed by atoms with Crippen molar-refractivity contribution in [1.82, 2.24) is 24.6 Å². The van der Waals surface area contributed by atoms with Crippen molar-refractivity contribution in [2.75, 3.05) is 13.1 Å². The van der Waals surface area contributed by atoms with Gasteiger partial charge < -0.3 is 13.9 Å². The molecule has 3 aromatic rings. The van der Waals surface area contributed by atoms with Gasteiger partial charge >= 0.3 is 0 Å². The molecule has 0 spiro atoms. The highest BCUT2D eigenvalue weighted by Crippen LogP contribution is 2.29. The number of rotatable bonds is 4. The average molecular weight is 339 g/mol. The highest BCUT2D eigenvalue weighted by Gasteiger charge is 2.28. The minimum Gasteiger partial charge on any atom is -0.440 e. The van der Waals surface area contributed by atoms with Gasteiger partial charge in [-0.25, -0.2) is 4.98 Å². The number of amides is 1. The van der Waals surface area contributed by atoms with E-state index in [0.717, 1.165) is 42.2 Å². The summed E-state index contributed by atoms with van der Waals surface area (Å²) in [6.07, 6.45) is 4.69. The van der Waals surface area contributed by atoms with Gasteiger partial charge in [0.25, 0.3) is 0 Å². The van der Waals surface area contributed by atoms with Crippen molar-refractivity contribution in [2.45, 2.75) is 31.6 Å². The summed E-state index contributed by atoms with van der Waals surface area (Å²) >= 11 is 0. The lowest BCUT2D eigenvalue weighted by Gasteiger charge is -2.31. The maximum Gasteiger partial charge on any atom is 0.223 e. The second-order valence-electron chi connectivity index (χ2n) is 6.56. The molecular formula is C18H21N5O2. The second kappa shape index (κ2) is 6.66. The smallest absolute Gasteiger partial charge is 0.223 e. The minimum absolute atomic E-state index is 0.156. The first-order chi connectivity index (χ1) is 12.2. The molecule has 0 aliphatic carbocycles. The Morgan fingerprint density at radius 2 is 2.24 bits per heavy atom. The van der Waals surface area contributed by atoms with E-state index < -0.39 is 0 Å². The number of carbonyl (C=O) groups is 1. The van der Waals surface area contributed by atoms with Crippen LogP contribution in [0.25, 0.3) is 11.1 Å². The van der Waals surface area contributed by atoms with E-state index in [0.29, 0.717) is 19.4 Å². The molecule has 25 heavy (non-hydrogen) atoms. The maximum atomic E-state index is 12.6. The van der Waals surface area contributed by atoms with Crippen molar-refractivity contribution in [2.24, 2.45) is 7.05 Å². The van der Waals surface area contributed by atoms with Crippen LogP contribution in [0.3, 0.4) is 0 Å². The first-order valence-electron chi connectivity index (χ1n) is 8.67. The van der Waals surface area contributed by atoms with Crippen molar-refractivity contribution in [1.29, 1.82) is 0 Å². The van der Waals surface area contributed by atoms with Gasteiger partial charge in [-0.3, -0.25) is 4.79 Å². The second-order valence-corrected chi connectivity index (χ2v) is 6.56. The fourth-order valence-electron chi connectivity index (χ4n) is 3.38. The van der Waals surface area contributed by atoms with Gasteiger partial charge in [-0.2, -0.15) is 0 Å². The molecule has 1 amide bonds. The molecule has 1 fully saturated rings. The zero-order valence-electron chi connectivity index (χ0n) is 14.3. The lowest BCUT2D eigenvalue weighted by Crippen LogP contribution is -2.39. The monoisotopic (exact) mass is 339 g/mol.